The lowest BCUT2D eigenvalue weighted by atomic mass is 10.0. The first-order valence-electron chi connectivity index (χ1n) is 7.01. The molecule has 1 amide bonds. The van der Waals surface area contributed by atoms with Crippen molar-refractivity contribution < 1.29 is 9.53 Å². The summed E-state index contributed by atoms with van der Waals surface area (Å²) >= 11 is 0. The van der Waals surface area contributed by atoms with E-state index < -0.39 is 6.10 Å². The highest BCUT2D eigenvalue weighted by Gasteiger charge is 2.23. The number of amides is 1. The highest BCUT2D eigenvalue weighted by molar-refractivity contribution is 5.81. The zero-order chi connectivity index (χ0) is 13.7. The molecule has 4 heteroatoms. The minimum Gasteiger partial charge on any atom is -0.480 e. The number of carbonyl (C=O) groups is 1. The smallest absolute Gasteiger partial charge is 0.261 e. The zero-order valence-corrected chi connectivity index (χ0v) is 11.4. The third kappa shape index (κ3) is 3.47. The van der Waals surface area contributed by atoms with Crippen LogP contribution in [0.5, 0.6) is 5.75 Å². The third-order valence-electron chi connectivity index (χ3n) is 3.51. The van der Waals surface area contributed by atoms with E-state index in [-0.39, 0.29) is 11.9 Å². The highest BCUT2D eigenvalue weighted by atomic mass is 16.5. The number of hydrogen-bond donors (Lipinski definition) is 2. The molecule has 0 saturated carbocycles. The molecule has 0 spiro atoms. The molecule has 1 aliphatic rings. The van der Waals surface area contributed by atoms with Crippen LogP contribution in [0.3, 0.4) is 0 Å². The predicted molar refractivity (Wildman–Crippen MR) is 74.9 cm³/mol. The number of hydrogen-bond acceptors (Lipinski definition) is 3. The first-order chi connectivity index (χ1) is 9.22. The molecule has 1 fully saturated rings. The van der Waals surface area contributed by atoms with Crippen LogP contribution >= 0.6 is 0 Å². The van der Waals surface area contributed by atoms with Gasteiger partial charge in [-0.15, -0.1) is 0 Å². The summed E-state index contributed by atoms with van der Waals surface area (Å²) in [7, 11) is 0. The van der Waals surface area contributed by atoms with Gasteiger partial charge >= 0.3 is 0 Å². The number of nitrogens with one attached hydrogen (secondary N) is 1. The molecule has 4 nitrogen and oxygen atoms in total. The Morgan fingerprint density at radius 1 is 1.42 bits per heavy atom. The molecule has 19 heavy (non-hydrogen) atoms. The van der Waals surface area contributed by atoms with Crippen LogP contribution in [0, 0.1) is 0 Å². The minimum atomic E-state index is -0.396. The summed E-state index contributed by atoms with van der Waals surface area (Å²) in [5, 5.41) is 2.88. The fourth-order valence-corrected chi connectivity index (χ4v) is 2.29. The highest BCUT2D eigenvalue weighted by Crippen LogP contribution is 2.27. The first kappa shape index (κ1) is 13.9. The number of nitrogens with two attached hydrogens (primary N) is 1. The standard InChI is InChI=1S/C15H22N2O2/c1-2-12(16)11-7-3-4-8-13(11)19-14-9-5-6-10-17-15(14)18/h3-4,7-8,12,14H,2,5-6,9-10,16H2,1H3,(H,17,18)/t12-,14?/m1/s1. The SMILES string of the molecule is CC[C@@H](N)c1ccccc1OC1CCCCNC1=O. The van der Waals surface area contributed by atoms with E-state index in [0.717, 1.165) is 43.5 Å². The number of rotatable bonds is 4. The van der Waals surface area contributed by atoms with Crippen LogP contribution < -0.4 is 15.8 Å². The van der Waals surface area contributed by atoms with Gasteiger partial charge in [-0.3, -0.25) is 4.79 Å². The van der Waals surface area contributed by atoms with Gasteiger partial charge in [0.1, 0.15) is 5.75 Å². The van der Waals surface area contributed by atoms with Crippen molar-refractivity contribution in [2.24, 2.45) is 5.73 Å². The second-order valence-electron chi connectivity index (χ2n) is 4.95. The molecule has 0 bridgehead atoms. The van der Waals surface area contributed by atoms with Crippen molar-refractivity contribution in [3.05, 3.63) is 29.8 Å². The summed E-state index contributed by atoms with van der Waals surface area (Å²) in [5.74, 6) is 0.719. The van der Waals surface area contributed by atoms with Crippen molar-refractivity contribution in [1.29, 1.82) is 0 Å². The minimum absolute atomic E-state index is 0.0163. The molecule has 0 aliphatic carbocycles. The fraction of sp³-hybridized carbons (Fsp3) is 0.533. The Morgan fingerprint density at radius 2 is 2.21 bits per heavy atom. The van der Waals surface area contributed by atoms with Gasteiger partial charge in [0.05, 0.1) is 0 Å². The molecule has 0 radical (unpaired) electrons. The number of ether oxygens (including phenoxy) is 1. The maximum atomic E-state index is 11.9. The van der Waals surface area contributed by atoms with Gasteiger partial charge < -0.3 is 15.8 Å². The molecule has 1 aliphatic heterocycles. The lowest BCUT2D eigenvalue weighted by Gasteiger charge is -2.20. The average Bonchev–Trinajstić information content (AvgIpc) is 2.64. The summed E-state index contributed by atoms with van der Waals surface area (Å²) in [5.41, 5.74) is 7.06. The summed E-state index contributed by atoms with van der Waals surface area (Å²) < 4.78 is 5.91. The average molecular weight is 262 g/mol. The van der Waals surface area contributed by atoms with Gasteiger partial charge in [0.25, 0.3) is 5.91 Å². The summed E-state index contributed by atoms with van der Waals surface area (Å²) in [6.07, 6.45) is 3.24. The van der Waals surface area contributed by atoms with Gasteiger partial charge in [-0.2, -0.15) is 0 Å². The normalized spacial score (nSPS) is 21.4. The molecule has 1 aromatic rings. The molecule has 1 saturated heterocycles. The summed E-state index contributed by atoms with van der Waals surface area (Å²) in [6, 6.07) is 7.67. The molecule has 0 aromatic heterocycles. The van der Waals surface area contributed by atoms with Crippen molar-refractivity contribution in [1.82, 2.24) is 5.32 Å². The van der Waals surface area contributed by atoms with Crippen molar-refractivity contribution in [2.75, 3.05) is 6.54 Å². The van der Waals surface area contributed by atoms with E-state index in [2.05, 4.69) is 5.32 Å². The van der Waals surface area contributed by atoms with Crippen LogP contribution in [0.15, 0.2) is 24.3 Å². The molecular formula is C15H22N2O2. The van der Waals surface area contributed by atoms with E-state index in [1.807, 2.05) is 31.2 Å². The van der Waals surface area contributed by atoms with E-state index in [1.54, 1.807) is 0 Å². The zero-order valence-electron chi connectivity index (χ0n) is 11.4. The molecule has 2 atom stereocenters. The van der Waals surface area contributed by atoms with E-state index >= 15 is 0 Å². The van der Waals surface area contributed by atoms with Gasteiger partial charge in [0.2, 0.25) is 0 Å². The van der Waals surface area contributed by atoms with Gasteiger partial charge in [0.15, 0.2) is 6.10 Å². The predicted octanol–water partition coefficient (Wildman–Crippen LogP) is 2.14. The lowest BCUT2D eigenvalue weighted by molar-refractivity contribution is -0.127. The monoisotopic (exact) mass is 262 g/mol. The molecular weight excluding hydrogens is 240 g/mol. The Labute approximate surface area is 114 Å². The maximum absolute atomic E-state index is 11.9. The Morgan fingerprint density at radius 3 is 3.00 bits per heavy atom. The number of benzene rings is 1. The molecule has 104 valence electrons. The Bertz CT molecular complexity index is 434. The van der Waals surface area contributed by atoms with Crippen molar-refractivity contribution in [3.63, 3.8) is 0 Å². The van der Waals surface area contributed by atoms with Gasteiger partial charge in [-0.25, -0.2) is 0 Å². The second-order valence-corrected chi connectivity index (χ2v) is 4.95. The molecule has 3 N–H and O–H groups in total. The van der Waals surface area contributed by atoms with Crippen LogP contribution in [-0.4, -0.2) is 18.6 Å². The fourth-order valence-electron chi connectivity index (χ4n) is 2.29. The van der Waals surface area contributed by atoms with E-state index in [0.29, 0.717) is 0 Å². The van der Waals surface area contributed by atoms with Crippen molar-refractivity contribution >= 4 is 5.91 Å². The number of carbonyl (C=O) groups excluding carboxylic acids is 1. The van der Waals surface area contributed by atoms with Crippen molar-refractivity contribution in [3.8, 4) is 5.75 Å². The quantitative estimate of drug-likeness (QED) is 0.873. The maximum Gasteiger partial charge on any atom is 0.261 e. The summed E-state index contributed by atoms with van der Waals surface area (Å²) in [6.45, 7) is 2.79. The van der Waals surface area contributed by atoms with Crippen molar-refractivity contribution in [2.45, 2.75) is 44.8 Å². The van der Waals surface area contributed by atoms with Crippen LogP contribution in [0.4, 0.5) is 0 Å². The molecule has 2 rings (SSSR count). The third-order valence-corrected chi connectivity index (χ3v) is 3.51. The Hall–Kier alpha value is -1.55. The first-order valence-corrected chi connectivity index (χ1v) is 7.01. The van der Waals surface area contributed by atoms with Gasteiger partial charge in [-0.1, -0.05) is 25.1 Å². The van der Waals surface area contributed by atoms with E-state index in [9.17, 15) is 4.79 Å². The van der Waals surface area contributed by atoms with E-state index in [4.69, 9.17) is 10.5 Å². The second kappa shape index (κ2) is 6.57. The van der Waals surface area contributed by atoms with Gasteiger partial charge in [0, 0.05) is 18.2 Å². The van der Waals surface area contributed by atoms with Crippen LogP contribution in [0.25, 0.3) is 0 Å². The van der Waals surface area contributed by atoms with Crippen LogP contribution in [0.1, 0.15) is 44.2 Å². The molecule has 1 unspecified atom stereocenters. The van der Waals surface area contributed by atoms with Crippen LogP contribution in [0.2, 0.25) is 0 Å². The largest absolute Gasteiger partial charge is 0.480 e. The Kier molecular flexibility index (Phi) is 4.80. The van der Waals surface area contributed by atoms with Gasteiger partial charge in [-0.05, 0) is 31.7 Å². The lowest BCUT2D eigenvalue weighted by Crippen LogP contribution is -2.36. The number of para-hydroxylation sites is 1. The van der Waals surface area contributed by atoms with Crippen LogP contribution in [-0.2, 0) is 4.79 Å². The molecule has 1 aromatic carbocycles. The van der Waals surface area contributed by atoms with E-state index in [1.165, 1.54) is 0 Å². The summed E-state index contributed by atoms with van der Waals surface area (Å²) in [4.78, 5) is 11.9. The topological polar surface area (TPSA) is 64.3 Å². The molecule has 1 heterocycles. The Balaban J connectivity index is 2.15.